The van der Waals surface area contributed by atoms with Crippen LogP contribution in [0.3, 0.4) is 0 Å². The number of aliphatic imine (C=N–C) groups is 1. The minimum absolute atomic E-state index is 0.0991. The summed E-state index contributed by atoms with van der Waals surface area (Å²) in [6.07, 6.45) is 0.831. The molecule has 0 bridgehead atoms. The summed E-state index contributed by atoms with van der Waals surface area (Å²) in [5.41, 5.74) is 1.78. The Morgan fingerprint density at radius 2 is 2.07 bits per heavy atom. The van der Waals surface area contributed by atoms with Gasteiger partial charge in [-0.1, -0.05) is 24.3 Å². The molecule has 1 heterocycles. The number of methoxy groups -OCH3 is 1. The van der Waals surface area contributed by atoms with E-state index in [2.05, 4.69) is 30.5 Å². The maximum absolute atomic E-state index is 9.97. The first-order valence-electron chi connectivity index (χ1n) is 9.60. The van der Waals surface area contributed by atoms with Gasteiger partial charge in [0, 0.05) is 18.5 Å². The highest BCUT2D eigenvalue weighted by Crippen LogP contribution is 2.39. The number of fused-ring (bicyclic) bond motifs is 1. The van der Waals surface area contributed by atoms with Crippen molar-refractivity contribution >= 4 is 5.96 Å². The van der Waals surface area contributed by atoms with E-state index >= 15 is 0 Å². The van der Waals surface area contributed by atoms with Gasteiger partial charge in [-0.3, -0.25) is 0 Å². The lowest BCUT2D eigenvalue weighted by molar-refractivity contribution is 0.0694. The van der Waals surface area contributed by atoms with Gasteiger partial charge in [0.1, 0.15) is 11.4 Å². The second-order valence-corrected chi connectivity index (χ2v) is 7.50. The van der Waals surface area contributed by atoms with E-state index in [1.165, 1.54) is 7.11 Å². The van der Waals surface area contributed by atoms with E-state index in [1.807, 2.05) is 31.2 Å². The molecule has 0 saturated heterocycles. The molecular formula is C22H29N3O3. The minimum atomic E-state index is -0.259. The molecule has 0 aliphatic carbocycles. The molecule has 2 aromatic carbocycles. The number of nitrogens with one attached hydrogen (secondary N) is 2. The standard InChI is InChI=1S/C22H29N3O3/c1-5-23-21(24-14-15-10-11-20(27-4)18(26)12-15)25-17-13-22(2,3)28-19-9-7-6-8-16(17)19/h6-12,17,26H,5,13-14H2,1-4H3,(H2,23,24,25). The van der Waals surface area contributed by atoms with Gasteiger partial charge in [-0.05, 0) is 44.5 Å². The van der Waals surface area contributed by atoms with Gasteiger partial charge < -0.3 is 25.2 Å². The van der Waals surface area contributed by atoms with Crippen LogP contribution in [0.1, 0.15) is 44.4 Å². The molecule has 0 radical (unpaired) electrons. The van der Waals surface area contributed by atoms with Gasteiger partial charge in [0.15, 0.2) is 17.5 Å². The van der Waals surface area contributed by atoms with Crippen LogP contribution in [0.2, 0.25) is 0 Å². The van der Waals surface area contributed by atoms with E-state index in [0.717, 1.165) is 35.8 Å². The molecule has 28 heavy (non-hydrogen) atoms. The summed E-state index contributed by atoms with van der Waals surface area (Å²) in [5, 5.41) is 16.8. The van der Waals surface area contributed by atoms with Crippen LogP contribution in [0.25, 0.3) is 0 Å². The van der Waals surface area contributed by atoms with E-state index in [4.69, 9.17) is 14.5 Å². The first-order valence-corrected chi connectivity index (χ1v) is 9.60. The summed E-state index contributed by atoms with van der Waals surface area (Å²) < 4.78 is 11.2. The van der Waals surface area contributed by atoms with Crippen molar-refractivity contribution in [3.05, 3.63) is 53.6 Å². The van der Waals surface area contributed by atoms with Gasteiger partial charge in [0.2, 0.25) is 0 Å². The predicted octanol–water partition coefficient (Wildman–Crippen LogP) is 3.76. The maximum Gasteiger partial charge on any atom is 0.192 e. The largest absolute Gasteiger partial charge is 0.504 e. The second kappa shape index (κ2) is 8.42. The molecule has 6 nitrogen and oxygen atoms in total. The Bertz CT molecular complexity index is 849. The molecule has 3 N–H and O–H groups in total. The third kappa shape index (κ3) is 4.68. The SMILES string of the molecule is CCNC(=NCc1ccc(OC)c(O)c1)NC1CC(C)(C)Oc2ccccc21. The van der Waals surface area contributed by atoms with Crippen molar-refractivity contribution in [2.75, 3.05) is 13.7 Å². The molecule has 0 aromatic heterocycles. The summed E-state index contributed by atoms with van der Waals surface area (Å²) >= 11 is 0. The molecule has 1 atom stereocenters. The molecule has 1 aliphatic rings. The van der Waals surface area contributed by atoms with E-state index in [0.29, 0.717) is 12.3 Å². The fourth-order valence-electron chi connectivity index (χ4n) is 3.42. The van der Waals surface area contributed by atoms with Crippen molar-refractivity contribution in [2.24, 2.45) is 4.99 Å². The van der Waals surface area contributed by atoms with Gasteiger partial charge in [0.25, 0.3) is 0 Å². The van der Waals surface area contributed by atoms with Crippen LogP contribution in [-0.4, -0.2) is 30.3 Å². The number of phenolic OH excluding ortho intramolecular Hbond substituents is 1. The number of hydrogen-bond acceptors (Lipinski definition) is 4. The first-order chi connectivity index (χ1) is 13.4. The normalized spacial score (nSPS) is 18.0. The Balaban J connectivity index is 1.79. The molecule has 0 saturated carbocycles. The van der Waals surface area contributed by atoms with Gasteiger partial charge in [-0.2, -0.15) is 0 Å². The molecule has 1 aliphatic heterocycles. The molecule has 150 valence electrons. The van der Waals surface area contributed by atoms with Crippen LogP contribution in [0, 0.1) is 0 Å². The van der Waals surface area contributed by atoms with Crippen molar-refractivity contribution < 1.29 is 14.6 Å². The average molecular weight is 383 g/mol. The highest BCUT2D eigenvalue weighted by atomic mass is 16.5. The van der Waals surface area contributed by atoms with Crippen molar-refractivity contribution in [2.45, 2.75) is 45.4 Å². The molecular weight excluding hydrogens is 354 g/mol. The smallest absolute Gasteiger partial charge is 0.192 e. The summed E-state index contributed by atoms with van der Waals surface area (Å²) in [7, 11) is 1.54. The maximum atomic E-state index is 9.97. The van der Waals surface area contributed by atoms with Crippen molar-refractivity contribution in [3.8, 4) is 17.2 Å². The molecule has 0 fully saturated rings. The van der Waals surface area contributed by atoms with Gasteiger partial charge in [-0.15, -0.1) is 0 Å². The molecule has 1 unspecified atom stereocenters. The topological polar surface area (TPSA) is 75.1 Å². The highest BCUT2D eigenvalue weighted by molar-refractivity contribution is 5.80. The van der Waals surface area contributed by atoms with Gasteiger partial charge in [-0.25, -0.2) is 4.99 Å². The van der Waals surface area contributed by atoms with Crippen LogP contribution >= 0.6 is 0 Å². The fourth-order valence-corrected chi connectivity index (χ4v) is 3.42. The number of aromatic hydroxyl groups is 1. The quantitative estimate of drug-likeness (QED) is 0.541. The molecule has 6 heteroatoms. The van der Waals surface area contributed by atoms with Gasteiger partial charge >= 0.3 is 0 Å². The first kappa shape index (κ1) is 19.9. The number of guanidine groups is 1. The molecule has 2 aromatic rings. The van der Waals surface area contributed by atoms with Crippen LogP contribution < -0.4 is 20.1 Å². The number of benzene rings is 2. The molecule has 0 spiro atoms. The van der Waals surface area contributed by atoms with Crippen LogP contribution in [0.4, 0.5) is 0 Å². The Morgan fingerprint density at radius 3 is 2.79 bits per heavy atom. The third-order valence-electron chi connectivity index (χ3n) is 4.69. The van der Waals surface area contributed by atoms with Crippen LogP contribution in [0.15, 0.2) is 47.5 Å². The summed E-state index contributed by atoms with van der Waals surface area (Å²) in [5.74, 6) is 2.22. The summed E-state index contributed by atoms with van der Waals surface area (Å²) in [6, 6.07) is 13.5. The lowest BCUT2D eigenvalue weighted by Gasteiger charge is -2.38. The number of phenols is 1. The number of nitrogens with zero attached hydrogens (tertiary/aromatic N) is 1. The number of hydrogen-bond donors (Lipinski definition) is 3. The Morgan fingerprint density at radius 1 is 1.29 bits per heavy atom. The number of rotatable bonds is 5. The zero-order chi connectivity index (χ0) is 20.1. The van der Waals surface area contributed by atoms with E-state index < -0.39 is 0 Å². The second-order valence-electron chi connectivity index (χ2n) is 7.50. The monoisotopic (exact) mass is 383 g/mol. The lowest BCUT2D eigenvalue weighted by Crippen LogP contribution is -2.45. The van der Waals surface area contributed by atoms with E-state index in [-0.39, 0.29) is 17.4 Å². The third-order valence-corrected chi connectivity index (χ3v) is 4.69. The predicted molar refractivity (Wildman–Crippen MR) is 111 cm³/mol. The van der Waals surface area contributed by atoms with Crippen LogP contribution in [-0.2, 0) is 6.54 Å². The van der Waals surface area contributed by atoms with E-state index in [1.54, 1.807) is 12.1 Å². The minimum Gasteiger partial charge on any atom is -0.504 e. The van der Waals surface area contributed by atoms with Crippen molar-refractivity contribution in [1.29, 1.82) is 0 Å². The zero-order valence-electron chi connectivity index (χ0n) is 17.0. The summed E-state index contributed by atoms with van der Waals surface area (Å²) in [4.78, 5) is 4.70. The molecule has 3 rings (SSSR count). The highest BCUT2D eigenvalue weighted by Gasteiger charge is 2.33. The number of para-hydroxylation sites is 1. The van der Waals surface area contributed by atoms with E-state index in [9.17, 15) is 5.11 Å². The van der Waals surface area contributed by atoms with Crippen molar-refractivity contribution in [3.63, 3.8) is 0 Å². The van der Waals surface area contributed by atoms with Gasteiger partial charge in [0.05, 0.1) is 19.7 Å². The Kier molecular flexibility index (Phi) is 5.97. The van der Waals surface area contributed by atoms with Crippen molar-refractivity contribution in [1.82, 2.24) is 10.6 Å². The molecule has 0 amide bonds. The Labute approximate surface area is 166 Å². The van der Waals surface area contributed by atoms with Crippen LogP contribution in [0.5, 0.6) is 17.2 Å². The number of ether oxygens (including phenoxy) is 2. The Hall–Kier alpha value is -2.89. The average Bonchev–Trinajstić information content (AvgIpc) is 2.65. The fraction of sp³-hybridized carbons (Fsp3) is 0.409. The summed E-state index contributed by atoms with van der Waals surface area (Å²) in [6.45, 7) is 7.44. The lowest BCUT2D eigenvalue weighted by atomic mass is 9.90. The zero-order valence-corrected chi connectivity index (χ0v) is 17.0.